The molecule has 13 heavy (non-hydrogen) atoms. The van der Waals surface area contributed by atoms with Crippen LogP contribution in [0.15, 0.2) is 24.3 Å². The van der Waals surface area contributed by atoms with Gasteiger partial charge in [0.05, 0.1) is 6.10 Å². The highest BCUT2D eigenvalue weighted by molar-refractivity contribution is 5.22. The second-order valence-electron chi connectivity index (χ2n) is 3.25. The Bertz CT molecular complexity index is 271. The normalized spacial score (nSPS) is 13.3. The third kappa shape index (κ3) is 2.52. The van der Waals surface area contributed by atoms with Crippen molar-refractivity contribution >= 4 is 0 Å². The van der Waals surface area contributed by atoms with E-state index in [1.165, 1.54) is 12.1 Å². The molecule has 0 spiro atoms. The molecule has 0 aliphatic carbocycles. The summed E-state index contributed by atoms with van der Waals surface area (Å²) >= 11 is 0. The fraction of sp³-hybridized carbons (Fsp3) is 0.364. The fourth-order valence-corrected chi connectivity index (χ4v) is 1.37. The van der Waals surface area contributed by atoms with Crippen LogP contribution in [0.5, 0.6) is 0 Å². The van der Waals surface area contributed by atoms with E-state index in [9.17, 15) is 4.39 Å². The van der Waals surface area contributed by atoms with Crippen LogP contribution in [0.3, 0.4) is 0 Å². The van der Waals surface area contributed by atoms with Gasteiger partial charge in [-0.3, -0.25) is 0 Å². The van der Waals surface area contributed by atoms with Crippen LogP contribution in [0.4, 0.5) is 4.39 Å². The van der Waals surface area contributed by atoms with Gasteiger partial charge in [-0.15, -0.1) is 0 Å². The topological polar surface area (TPSA) is 9.23 Å². The van der Waals surface area contributed by atoms with Gasteiger partial charge < -0.3 is 4.74 Å². The van der Waals surface area contributed by atoms with Gasteiger partial charge in [-0.1, -0.05) is 26.0 Å². The number of rotatable bonds is 3. The molecule has 0 saturated heterocycles. The third-order valence-corrected chi connectivity index (χ3v) is 1.91. The molecule has 0 fully saturated rings. The molecule has 1 nitrogen and oxygen atoms in total. The van der Waals surface area contributed by atoms with Gasteiger partial charge >= 0.3 is 0 Å². The molecule has 1 aromatic carbocycles. The van der Waals surface area contributed by atoms with E-state index in [0.717, 1.165) is 11.5 Å². The molecule has 1 atom stereocenters. The van der Waals surface area contributed by atoms with E-state index in [-0.39, 0.29) is 11.9 Å². The first-order chi connectivity index (χ1) is 6.15. The minimum absolute atomic E-state index is 0.101. The molecule has 0 amide bonds. The van der Waals surface area contributed by atoms with Gasteiger partial charge in [0, 0.05) is 13.0 Å². The molecule has 0 aromatic heterocycles. The molecular weight excluding hydrogens is 167 g/mol. The van der Waals surface area contributed by atoms with Crippen molar-refractivity contribution in [2.24, 2.45) is 0 Å². The number of halogens is 1. The van der Waals surface area contributed by atoms with Gasteiger partial charge in [-0.2, -0.15) is 0 Å². The van der Waals surface area contributed by atoms with Crippen molar-refractivity contribution < 1.29 is 9.13 Å². The molecule has 0 saturated carbocycles. The average Bonchev–Trinajstić information content (AvgIpc) is 2.04. The molecular formula is C11H14FO. The summed E-state index contributed by atoms with van der Waals surface area (Å²) in [5.74, 6) is 0.897. The van der Waals surface area contributed by atoms with Crippen molar-refractivity contribution in [3.05, 3.63) is 41.6 Å². The van der Waals surface area contributed by atoms with Crippen LogP contribution in [0.1, 0.15) is 25.5 Å². The lowest BCUT2D eigenvalue weighted by Gasteiger charge is -2.18. The van der Waals surface area contributed by atoms with Crippen molar-refractivity contribution in [1.29, 1.82) is 0 Å². The number of hydrogen-bond donors (Lipinski definition) is 0. The van der Waals surface area contributed by atoms with Crippen LogP contribution in [0, 0.1) is 11.7 Å². The first-order valence-corrected chi connectivity index (χ1v) is 4.23. The van der Waals surface area contributed by atoms with Crippen molar-refractivity contribution in [3.8, 4) is 0 Å². The predicted molar refractivity (Wildman–Crippen MR) is 50.7 cm³/mol. The summed E-state index contributed by atoms with van der Waals surface area (Å²) in [6, 6.07) is 6.49. The zero-order valence-electron chi connectivity index (χ0n) is 8.17. The van der Waals surface area contributed by atoms with E-state index in [1.807, 2.05) is 19.9 Å². The van der Waals surface area contributed by atoms with Crippen molar-refractivity contribution in [1.82, 2.24) is 0 Å². The maximum absolute atomic E-state index is 12.9. The first kappa shape index (κ1) is 10.2. The molecule has 2 heteroatoms. The van der Waals surface area contributed by atoms with Crippen molar-refractivity contribution in [2.45, 2.75) is 20.0 Å². The highest BCUT2D eigenvalue weighted by Gasteiger charge is 2.15. The predicted octanol–water partition coefficient (Wildman–Crippen LogP) is 3.13. The Hall–Kier alpha value is -0.890. The lowest BCUT2D eigenvalue weighted by molar-refractivity contribution is 0.115. The van der Waals surface area contributed by atoms with E-state index < -0.39 is 0 Å². The Morgan fingerprint density at radius 3 is 2.54 bits per heavy atom. The van der Waals surface area contributed by atoms with Crippen LogP contribution in [0.25, 0.3) is 0 Å². The van der Waals surface area contributed by atoms with Crippen LogP contribution in [0.2, 0.25) is 0 Å². The Morgan fingerprint density at radius 1 is 1.38 bits per heavy atom. The standard InChI is InChI=1S/C11H14FO/c1-8(2)11(13-3)9-5-4-6-10(12)7-9/h4-7,11H,1-3H3. The minimum Gasteiger partial charge on any atom is -0.376 e. The van der Waals surface area contributed by atoms with Gasteiger partial charge in [-0.25, -0.2) is 4.39 Å². The number of methoxy groups -OCH3 is 1. The summed E-state index contributed by atoms with van der Waals surface area (Å²) < 4.78 is 18.1. The molecule has 71 valence electrons. The van der Waals surface area contributed by atoms with Crippen LogP contribution < -0.4 is 0 Å². The summed E-state index contributed by atoms with van der Waals surface area (Å²) in [4.78, 5) is 0. The monoisotopic (exact) mass is 181 g/mol. The Labute approximate surface area is 78.5 Å². The molecule has 0 bridgehead atoms. The lowest BCUT2D eigenvalue weighted by atomic mass is 9.99. The fourth-order valence-electron chi connectivity index (χ4n) is 1.37. The summed E-state index contributed by atoms with van der Waals surface area (Å²) in [6.07, 6.45) is -0.101. The molecule has 1 rings (SSSR count). The van der Waals surface area contributed by atoms with Crippen molar-refractivity contribution in [2.75, 3.05) is 7.11 Å². The van der Waals surface area contributed by atoms with Gasteiger partial charge in [-0.05, 0) is 17.7 Å². The highest BCUT2D eigenvalue weighted by Crippen LogP contribution is 2.26. The zero-order chi connectivity index (χ0) is 9.84. The zero-order valence-corrected chi connectivity index (χ0v) is 8.17. The van der Waals surface area contributed by atoms with Crippen LogP contribution in [-0.4, -0.2) is 7.11 Å². The minimum atomic E-state index is -0.221. The molecule has 0 aliphatic heterocycles. The van der Waals surface area contributed by atoms with E-state index in [4.69, 9.17) is 4.74 Å². The highest BCUT2D eigenvalue weighted by atomic mass is 19.1. The van der Waals surface area contributed by atoms with Crippen LogP contribution in [-0.2, 0) is 4.74 Å². The third-order valence-electron chi connectivity index (χ3n) is 1.91. The maximum Gasteiger partial charge on any atom is 0.123 e. The number of ether oxygens (including phenoxy) is 1. The van der Waals surface area contributed by atoms with Crippen molar-refractivity contribution in [3.63, 3.8) is 0 Å². The molecule has 1 unspecified atom stereocenters. The maximum atomic E-state index is 12.9. The average molecular weight is 181 g/mol. The Balaban J connectivity index is 2.91. The lowest BCUT2D eigenvalue weighted by Crippen LogP contribution is -2.07. The molecule has 1 radical (unpaired) electrons. The summed E-state index contributed by atoms with van der Waals surface area (Å²) in [5.41, 5.74) is 0.863. The largest absolute Gasteiger partial charge is 0.376 e. The SMILES string of the molecule is COC([C](C)C)c1cccc(F)c1. The quantitative estimate of drug-likeness (QED) is 0.696. The van der Waals surface area contributed by atoms with E-state index in [2.05, 4.69) is 0 Å². The molecule has 0 aliphatic rings. The second-order valence-corrected chi connectivity index (χ2v) is 3.25. The second kappa shape index (κ2) is 4.38. The van der Waals surface area contributed by atoms with Gasteiger partial charge in [0.25, 0.3) is 0 Å². The van der Waals surface area contributed by atoms with E-state index in [0.29, 0.717) is 0 Å². The molecule has 1 aromatic rings. The Morgan fingerprint density at radius 2 is 2.08 bits per heavy atom. The van der Waals surface area contributed by atoms with Gasteiger partial charge in [0.15, 0.2) is 0 Å². The molecule has 0 N–H and O–H groups in total. The summed E-state index contributed by atoms with van der Waals surface area (Å²) in [5, 5.41) is 0. The Kier molecular flexibility index (Phi) is 3.43. The smallest absolute Gasteiger partial charge is 0.123 e. The number of hydrogen-bond acceptors (Lipinski definition) is 1. The molecule has 0 heterocycles. The van der Waals surface area contributed by atoms with Gasteiger partial charge in [0.1, 0.15) is 5.82 Å². The van der Waals surface area contributed by atoms with Crippen LogP contribution >= 0.6 is 0 Å². The first-order valence-electron chi connectivity index (χ1n) is 4.23. The van der Waals surface area contributed by atoms with E-state index in [1.54, 1.807) is 13.2 Å². The van der Waals surface area contributed by atoms with E-state index >= 15 is 0 Å². The summed E-state index contributed by atoms with van der Waals surface area (Å²) in [6.45, 7) is 3.94. The van der Waals surface area contributed by atoms with Gasteiger partial charge in [0.2, 0.25) is 0 Å². The number of benzene rings is 1. The summed E-state index contributed by atoms with van der Waals surface area (Å²) in [7, 11) is 1.63.